The van der Waals surface area contributed by atoms with Gasteiger partial charge in [0.1, 0.15) is 5.75 Å². The maximum absolute atomic E-state index is 6.18. The third-order valence-corrected chi connectivity index (χ3v) is 5.35. The van der Waals surface area contributed by atoms with Crippen molar-refractivity contribution < 1.29 is 9.47 Å². The summed E-state index contributed by atoms with van der Waals surface area (Å²) < 4.78 is 11.4. The first kappa shape index (κ1) is 19.5. The molecule has 1 aliphatic heterocycles. The first-order valence-corrected chi connectivity index (χ1v) is 8.86. The summed E-state index contributed by atoms with van der Waals surface area (Å²) in [5.74, 6) is 0.971. The normalized spacial score (nSPS) is 23.2. The van der Waals surface area contributed by atoms with Crippen molar-refractivity contribution >= 4 is 12.4 Å². The molecule has 1 aromatic rings. The summed E-state index contributed by atoms with van der Waals surface area (Å²) in [5.41, 5.74) is 1.52. The highest BCUT2D eigenvalue weighted by molar-refractivity contribution is 5.85. The number of methoxy groups -OCH3 is 1. The van der Waals surface area contributed by atoms with Crippen molar-refractivity contribution in [2.75, 3.05) is 39.9 Å². The van der Waals surface area contributed by atoms with Crippen LogP contribution in [0.5, 0.6) is 5.75 Å². The largest absolute Gasteiger partial charge is 0.493 e. The number of nitrogens with one attached hydrogen (secondary N) is 1. The minimum absolute atomic E-state index is 0. The summed E-state index contributed by atoms with van der Waals surface area (Å²) >= 11 is 0. The molecule has 5 heteroatoms. The topological polar surface area (TPSA) is 33.7 Å². The number of nitrogens with zero attached hydrogens (tertiary/aromatic N) is 1. The Morgan fingerprint density at radius 3 is 2.83 bits per heavy atom. The van der Waals surface area contributed by atoms with Gasteiger partial charge in [0.05, 0.1) is 13.2 Å². The van der Waals surface area contributed by atoms with Gasteiger partial charge in [0.25, 0.3) is 0 Å². The van der Waals surface area contributed by atoms with Gasteiger partial charge in [-0.05, 0) is 37.5 Å². The maximum atomic E-state index is 6.18. The third-order valence-electron chi connectivity index (χ3n) is 5.35. The van der Waals surface area contributed by atoms with Crippen LogP contribution in [0.2, 0.25) is 0 Å². The molecular weight excluding hydrogens is 324 g/mol. The average Bonchev–Trinajstić information content (AvgIpc) is 2.52. The SMILES string of the molecule is COCc1cccc(OCC2(CN3CCNCC3C)CCC2)c1.Cl. The lowest BCUT2D eigenvalue weighted by molar-refractivity contribution is 0.000777. The number of ether oxygens (including phenoxy) is 2. The van der Waals surface area contributed by atoms with Crippen LogP contribution >= 0.6 is 12.4 Å². The Morgan fingerprint density at radius 2 is 2.17 bits per heavy atom. The average molecular weight is 355 g/mol. The molecule has 0 amide bonds. The van der Waals surface area contributed by atoms with E-state index in [0.29, 0.717) is 18.1 Å². The van der Waals surface area contributed by atoms with E-state index in [1.165, 1.54) is 31.4 Å². The molecule has 2 aliphatic rings. The molecule has 24 heavy (non-hydrogen) atoms. The van der Waals surface area contributed by atoms with Crippen LogP contribution in [-0.4, -0.2) is 50.8 Å². The fourth-order valence-electron chi connectivity index (χ4n) is 3.70. The number of piperazine rings is 1. The Labute approximate surface area is 152 Å². The second-order valence-corrected chi connectivity index (χ2v) is 7.25. The smallest absolute Gasteiger partial charge is 0.119 e. The van der Waals surface area contributed by atoms with E-state index in [2.05, 4.69) is 41.4 Å². The molecule has 1 atom stereocenters. The van der Waals surface area contributed by atoms with Crippen LogP contribution < -0.4 is 10.1 Å². The van der Waals surface area contributed by atoms with Crippen molar-refractivity contribution in [2.24, 2.45) is 5.41 Å². The van der Waals surface area contributed by atoms with Gasteiger partial charge < -0.3 is 14.8 Å². The lowest BCUT2D eigenvalue weighted by atomic mass is 9.68. The van der Waals surface area contributed by atoms with Crippen LogP contribution in [0.4, 0.5) is 0 Å². The summed E-state index contributed by atoms with van der Waals surface area (Å²) in [6, 6.07) is 8.92. The van der Waals surface area contributed by atoms with E-state index >= 15 is 0 Å². The number of rotatable bonds is 7. The third kappa shape index (κ3) is 4.85. The molecule has 1 N–H and O–H groups in total. The summed E-state index contributed by atoms with van der Waals surface area (Å²) in [6.07, 6.45) is 3.93. The zero-order valence-electron chi connectivity index (χ0n) is 14.9. The van der Waals surface area contributed by atoms with E-state index < -0.39 is 0 Å². The Bertz CT molecular complexity index is 508. The van der Waals surface area contributed by atoms with E-state index in [1.807, 2.05) is 0 Å². The molecule has 2 fully saturated rings. The van der Waals surface area contributed by atoms with Gasteiger partial charge in [-0.1, -0.05) is 18.6 Å². The van der Waals surface area contributed by atoms with Crippen LogP contribution in [0.25, 0.3) is 0 Å². The van der Waals surface area contributed by atoms with Gasteiger partial charge in [0.15, 0.2) is 0 Å². The van der Waals surface area contributed by atoms with E-state index in [0.717, 1.165) is 32.0 Å². The highest BCUT2D eigenvalue weighted by Gasteiger charge is 2.40. The zero-order chi connectivity index (χ0) is 16.1. The minimum atomic E-state index is 0. The molecule has 0 aromatic heterocycles. The van der Waals surface area contributed by atoms with Gasteiger partial charge in [-0.15, -0.1) is 12.4 Å². The molecule has 0 radical (unpaired) electrons. The Hall–Kier alpha value is -0.810. The standard InChI is InChI=1S/C19H30N2O2.ClH/c1-16-12-20-9-10-21(16)14-19(7-4-8-19)15-23-18-6-3-5-17(11-18)13-22-2;/h3,5-6,11,16,20H,4,7-10,12-15H2,1-2H3;1H. The molecular formula is C19H31ClN2O2. The lowest BCUT2D eigenvalue weighted by Gasteiger charge is -2.47. The van der Waals surface area contributed by atoms with Crippen molar-refractivity contribution in [1.29, 1.82) is 0 Å². The monoisotopic (exact) mass is 354 g/mol. The van der Waals surface area contributed by atoms with Crippen molar-refractivity contribution in [3.8, 4) is 5.75 Å². The predicted octanol–water partition coefficient (Wildman–Crippen LogP) is 3.10. The van der Waals surface area contributed by atoms with Gasteiger partial charge in [-0.25, -0.2) is 0 Å². The first-order valence-electron chi connectivity index (χ1n) is 8.86. The molecule has 1 saturated heterocycles. The lowest BCUT2D eigenvalue weighted by Crippen LogP contribution is -2.55. The number of benzene rings is 1. The molecule has 4 nitrogen and oxygen atoms in total. The molecule has 1 saturated carbocycles. The van der Waals surface area contributed by atoms with Gasteiger partial charge >= 0.3 is 0 Å². The van der Waals surface area contributed by atoms with Crippen molar-refractivity contribution in [2.45, 2.75) is 38.8 Å². The molecule has 1 aromatic carbocycles. The quantitative estimate of drug-likeness (QED) is 0.815. The van der Waals surface area contributed by atoms with E-state index in [1.54, 1.807) is 7.11 Å². The maximum Gasteiger partial charge on any atom is 0.119 e. The highest BCUT2D eigenvalue weighted by atomic mass is 35.5. The summed E-state index contributed by atoms with van der Waals surface area (Å²) in [7, 11) is 1.73. The highest BCUT2D eigenvalue weighted by Crippen LogP contribution is 2.42. The Kier molecular flexibility index (Phi) is 7.35. The summed E-state index contributed by atoms with van der Waals surface area (Å²) in [6.45, 7) is 8.35. The Balaban J connectivity index is 0.00000208. The number of halogens is 1. The van der Waals surface area contributed by atoms with E-state index in [-0.39, 0.29) is 12.4 Å². The molecule has 1 heterocycles. The molecule has 3 rings (SSSR count). The van der Waals surface area contributed by atoms with Crippen LogP contribution in [0.3, 0.4) is 0 Å². The van der Waals surface area contributed by atoms with Crippen LogP contribution in [0, 0.1) is 5.41 Å². The van der Waals surface area contributed by atoms with Crippen molar-refractivity contribution in [1.82, 2.24) is 10.2 Å². The summed E-state index contributed by atoms with van der Waals surface area (Å²) in [5, 5.41) is 3.48. The van der Waals surface area contributed by atoms with Gasteiger partial charge in [0.2, 0.25) is 0 Å². The number of hydrogen-bond acceptors (Lipinski definition) is 4. The van der Waals surface area contributed by atoms with E-state index in [4.69, 9.17) is 9.47 Å². The van der Waals surface area contributed by atoms with Crippen molar-refractivity contribution in [3.63, 3.8) is 0 Å². The molecule has 0 spiro atoms. The van der Waals surface area contributed by atoms with Gasteiger partial charge in [-0.3, -0.25) is 4.90 Å². The zero-order valence-corrected chi connectivity index (χ0v) is 15.7. The number of hydrogen-bond donors (Lipinski definition) is 1. The molecule has 1 aliphatic carbocycles. The fourth-order valence-corrected chi connectivity index (χ4v) is 3.70. The predicted molar refractivity (Wildman–Crippen MR) is 100 cm³/mol. The van der Waals surface area contributed by atoms with Gasteiger partial charge in [-0.2, -0.15) is 0 Å². The second kappa shape index (κ2) is 9.04. The molecule has 1 unspecified atom stereocenters. The van der Waals surface area contributed by atoms with Crippen LogP contribution in [-0.2, 0) is 11.3 Å². The Morgan fingerprint density at radius 1 is 1.33 bits per heavy atom. The van der Waals surface area contributed by atoms with Crippen LogP contribution in [0.1, 0.15) is 31.7 Å². The van der Waals surface area contributed by atoms with E-state index in [9.17, 15) is 0 Å². The van der Waals surface area contributed by atoms with Crippen molar-refractivity contribution in [3.05, 3.63) is 29.8 Å². The summed E-state index contributed by atoms with van der Waals surface area (Å²) in [4.78, 5) is 2.64. The minimum Gasteiger partial charge on any atom is -0.493 e. The second-order valence-electron chi connectivity index (χ2n) is 7.25. The molecule has 0 bridgehead atoms. The first-order chi connectivity index (χ1) is 11.2. The molecule has 136 valence electrons. The fraction of sp³-hybridized carbons (Fsp3) is 0.684. The van der Waals surface area contributed by atoms with Gasteiger partial charge in [0, 0.05) is 44.7 Å². The van der Waals surface area contributed by atoms with Crippen LogP contribution in [0.15, 0.2) is 24.3 Å².